The lowest BCUT2D eigenvalue weighted by molar-refractivity contribution is 0.188. The maximum absolute atomic E-state index is 9.01. The number of aliphatic hydroxyl groups excluding tert-OH is 1. The highest BCUT2D eigenvalue weighted by atomic mass is 16.3. The molecule has 0 radical (unpaired) electrons. The van der Waals surface area contributed by atoms with Gasteiger partial charge in [-0.25, -0.2) is 15.0 Å². The molecule has 0 atom stereocenters. The number of nitrogens with zero attached hydrogens (tertiary/aromatic N) is 5. The van der Waals surface area contributed by atoms with Gasteiger partial charge < -0.3 is 16.2 Å². The van der Waals surface area contributed by atoms with Crippen molar-refractivity contribution in [2.24, 2.45) is 0 Å². The number of pyridine rings is 2. The van der Waals surface area contributed by atoms with Crippen LogP contribution in [0.25, 0.3) is 39.5 Å². The van der Waals surface area contributed by atoms with E-state index in [1.807, 2.05) is 42.5 Å². The van der Waals surface area contributed by atoms with Crippen molar-refractivity contribution in [2.75, 3.05) is 32.0 Å². The van der Waals surface area contributed by atoms with E-state index in [2.05, 4.69) is 56.2 Å². The van der Waals surface area contributed by atoms with E-state index in [1.165, 1.54) is 5.56 Å². The van der Waals surface area contributed by atoms with Gasteiger partial charge in [0.25, 0.3) is 0 Å². The second kappa shape index (κ2) is 12.0. The van der Waals surface area contributed by atoms with Crippen LogP contribution in [0.3, 0.4) is 0 Å². The number of aliphatic hydroxyl groups is 1. The molecule has 4 heterocycles. The van der Waals surface area contributed by atoms with Crippen LogP contribution in [0.4, 0.5) is 5.82 Å². The summed E-state index contributed by atoms with van der Waals surface area (Å²) in [6, 6.07) is 27.3. The van der Waals surface area contributed by atoms with Crippen LogP contribution in [0.2, 0.25) is 0 Å². The van der Waals surface area contributed by atoms with E-state index in [9.17, 15) is 0 Å². The molecule has 0 aliphatic carbocycles. The Balaban J connectivity index is 1.29. The molecular weight excluding hydrogens is 498 g/mol. The van der Waals surface area contributed by atoms with Crippen molar-refractivity contribution in [3.05, 3.63) is 90.6 Å². The zero-order chi connectivity index (χ0) is 27.3. The van der Waals surface area contributed by atoms with Crippen LogP contribution < -0.4 is 11.1 Å². The van der Waals surface area contributed by atoms with Crippen molar-refractivity contribution < 1.29 is 5.11 Å². The lowest BCUT2D eigenvalue weighted by atomic mass is 10.0. The lowest BCUT2D eigenvalue weighted by Crippen LogP contribution is -2.42. The van der Waals surface area contributed by atoms with Crippen molar-refractivity contribution in [2.45, 2.75) is 31.8 Å². The largest absolute Gasteiger partial charge is 0.396 e. The first-order valence-corrected chi connectivity index (χ1v) is 14.0. The number of nitrogen functional groups attached to an aromatic ring is 1. The van der Waals surface area contributed by atoms with Crippen LogP contribution in [-0.4, -0.2) is 61.8 Å². The number of benzene rings is 2. The summed E-state index contributed by atoms with van der Waals surface area (Å²) in [7, 11) is 0. The first kappa shape index (κ1) is 26.1. The predicted molar refractivity (Wildman–Crippen MR) is 160 cm³/mol. The molecule has 1 aliphatic heterocycles. The molecule has 204 valence electrons. The van der Waals surface area contributed by atoms with Crippen molar-refractivity contribution in [3.63, 3.8) is 0 Å². The summed E-state index contributed by atoms with van der Waals surface area (Å²) < 4.78 is 2.09. The monoisotopic (exact) mass is 533 g/mol. The zero-order valence-electron chi connectivity index (χ0n) is 22.6. The number of aromatic nitrogens is 4. The Bertz CT molecular complexity index is 1560. The molecule has 4 N–H and O–H groups in total. The number of fused-ring (bicyclic) bond motifs is 1. The van der Waals surface area contributed by atoms with Crippen LogP contribution in [0.15, 0.2) is 85.1 Å². The van der Waals surface area contributed by atoms with Crippen molar-refractivity contribution >= 4 is 17.0 Å². The fourth-order valence-corrected chi connectivity index (χ4v) is 5.45. The number of nitrogens with two attached hydrogens (primary N) is 1. The summed E-state index contributed by atoms with van der Waals surface area (Å²) in [4.78, 5) is 16.8. The first-order chi connectivity index (χ1) is 19.7. The number of imidazole rings is 1. The van der Waals surface area contributed by atoms with Crippen LogP contribution in [0.5, 0.6) is 0 Å². The number of hydrogen-bond donors (Lipinski definition) is 3. The molecule has 1 aliphatic rings. The van der Waals surface area contributed by atoms with Gasteiger partial charge in [0.15, 0.2) is 11.5 Å². The highest BCUT2D eigenvalue weighted by Gasteiger charge is 2.20. The van der Waals surface area contributed by atoms with Crippen molar-refractivity contribution in [1.82, 2.24) is 29.7 Å². The fraction of sp³-hybridized carbons (Fsp3) is 0.281. The van der Waals surface area contributed by atoms with Gasteiger partial charge in [-0.3, -0.25) is 9.47 Å². The minimum absolute atomic E-state index is 0.248. The number of rotatable bonds is 9. The third-order valence-corrected chi connectivity index (χ3v) is 7.61. The summed E-state index contributed by atoms with van der Waals surface area (Å²) in [6.07, 6.45) is 4.78. The van der Waals surface area contributed by atoms with Gasteiger partial charge in [-0.15, -0.1) is 0 Å². The molecule has 0 unspecified atom stereocenters. The molecule has 0 saturated carbocycles. The number of anilines is 1. The SMILES string of the molecule is Nc1ncccc1-c1nc2ccc(-c3ccccc3)nc2n1-c1ccc(CN2CCC(NCCCO)CC2)cc1. The third kappa shape index (κ3) is 5.60. The summed E-state index contributed by atoms with van der Waals surface area (Å²) in [5, 5.41) is 12.6. The molecule has 6 rings (SSSR count). The van der Waals surface area contributed by atoms with Gasteiger partial charge in [-0.05, 0) is 80.9 Å². The second-order valence-corrected chi connectivity index (χ2v) is 10.4. The molecule has 40 heavy (non-hydrogen) atoms. The number of likely N-dealkylation sites (tertiary alicyclic amines) is 1. The minimum Gasteiger partial charge on any atom is -0.396 e. The normalized spacial score (nSPS) is 14.6. The Morgan fingerprint density at radius 2 is 1.70 bits per heavy atom. The average Bonchev–Trinajstić information content (AvgIpc) is 3.38. The van der Waals surface area contributed by atoms with Gasteiger partial charge >= 0.3 is 0 Å². The molecule has 5 aromatic rings. The van der Waals surface area contributed by atoms with Crippen molar-refractivity contribution in [3.8, 4) is 28.3 Å². The van der Waals surface area contributed by atoms with Crippen LogP contribution in [0, 0.1) is 0 Å². The summed E-state index contributed by atoms with van der Waals surface area (Å²) >= 11 is 0. The minimum atomic E-state index is 0.248. The lowest BCUT2D eigenvalue weighted by Gasteiger charge is -2.32. The molecular formula is C32H35N7O. The molecule has 1 saturated heterocycles. The summed E-state index contributed by atoms with van der Waals surface area (Å²) in [5.41, 5.74) is 12.9. The fourth-order valence-electron chi connectivity index (χ4n) is 5.45. The Hall–Kier alpha value is -4.11. The number of nitrogens with one attached hydrogen (secondary N) is 1. The van der Waals surface area contributed by atoms with E-state index in [0.717, 1.165) is 84.9 Å². The van der Waals surface area contributed by atoms with Crippen LogP contribution in [0.1, 0.15) is 24.8 Å². The summed E-state index contributed by atoms with van der Waals surface area (Å²) in [5.74, 6) is 1.16. The molecule has 2 aromatic carbocycles. The molecule has 0 amide bonds. The van der Waals surface area contributed by atoms with E-state index in [1.54, 1.807) is 6.20 Å². The van der Waals surface area contributed by atoms with Crippen LogP contribution >= 0.6 is 0 Å². The maximum Gasteiger partial charge on any atom is 0.165 e. The van der Waals surface area contributed by atoms with Gasteiger partial charge in [0.1, 0.15) is 11.3 Å². The third-order valence-electron chi connectivity index (χ3n) is 7.61. The quantitative estimate of drug-likeness (QED) is 0.237. The molecule has 3 aromatic heterocycles. The zero-order valence-corrected chi connectivity index (χ0v) is 22.6. The standard InChI is InChI=1S/C32H35N7O/c33-30-27(8-4-17-35-30)31-37-29-14-13-28(24-6-2-1-3-7-24)36-32(29)39(31)26-11-9-23(10-12-26)22-38-19-15-25(16-20-38)34-18-5-21-40/h1-4,6-14,17,25,34,40H,5,15-16,18-22H2,(H2,33,35). The van der Waals surface area contributed by atoms with Crippen LogP contribution in [-0.2, 0) is 6.54 Å². The van der Waals surface area contributed by atoms with Crippen molar-refractivity contribution in [1.29, 1.82) is 0 Å². The maximum atomic E-state index is 9.01. The van der Waals surface area contributed by atoms with Gasteiger partial charge in [-0.1, -0.05) is 42.5 Å². The Labute approximate surface area is 234 Å². The van der Waals surface area contributed by atoms with Gasteiger partial charge in [0.05, 0.1) is 11.3 Å². The van der Waals surface area contributed by atoms with E-state index >= 15 is 0 Å². The molecule has 1 fully saturated rings. The highest BCUT2D eigenvalue weighted by Crippen LogP contribution is 2.32. The molecule has 0 bridgehead atoms. The smallest absolute Gasteiger partial charge is 0.165 e. The molecule has 8 heteroatoms. The first-order valence-electron chi connectivity index (χ1n) is 14.0. The average molecular weight is 534 g/mol. The Kier molecular flexibility index (Phi) is 7.81. The van der Waals surface area contributed by atoms with Gasteiger partial charge in [-0.2, -0.15) is 0 Å². The van der Waals surface area contributed by atoms with Gasteiger partial charge in [0.2, 0.25) is 0 Å². The highest BCUT2D eigenvalue weighted by molar-refractivity contribution is 5.84. The molecule has 8 nitrogen and oxygen atoms in total. The molecule has 0 spiro atoms. The number of hydrogen-bond acceptors (Lipinski definition) is 7. The Morgan fingerprint density at radius 1 is 0.900 bits per heavy atom. The van der Waals surface area contributed by atoms with E-state index < -0.39 is 0 Å². The van der Waals surface area contributed by atoms with E-state index in [4.69, 9.17) is 20.8 Å². The Morgan fingerprint density at radius 3 is 2.45 bits per heavy atom. The predicted octanol–water partition coefficient (Wildman–Crippen LogP) is 4.67. The van der Waals surface area contributed by atoms with E-state index in [0.29, 0.717) is 11.9 Å². The van der Waals surface area contributed by atoms with Gasteiger partial charge in [0, 0.05) is 36.6 Å². The second-order valence-electron chi connectivity index (χ2n) is 10.4. The van der Waals surface area contributed by atoms with E-state index in [-0.39, 0.29) is 6.61 Å². The number of piperidine rings is 1. The summed E-state index contributed by atoms with van der Waals surface area (Å²) in [6.45, 7) is 4.20. The topological polar surface area (TPSA) is 105 Å².